The van der Waals surface area contributed by atoms with Gasteiger partial charge < -0.3 is 5.32 Å². The summed E-state index contributed by atoms with van der Waals surface area (Å²) in [4.78, 5) is 13.4. The number of rotatable bonds is 4. The number of amides is 1. The van der Waals surface area contributed by atoms with E-state index in [1.807, 2.05) is 41.8 Å². The van der Waals surface area contributed by atoms with Crippen molar-refractivity contribution in [3.05, 3.63) is 63.9 Å². The van der Waals surface area contributed by atoms with Gasteiger partial charge in [0.05, 0.1) is 5.69 Å². The molecule has 0 fully saturated rings. The maximum Gasteiger partial charge on any atom is 0.255 e. The number of carbonyl (C=O) groups is 1. The zero-order valence-electron chi connectivity index (χ0n) is 12.0. The fraction of sp³-hybridized carbons (Fsp3) is 0.235. The molecule has 1 aromatic carbocycles. The molecule has 1 amide bonds. The van der Waals surface area contributed by atoms with E-state index in [0.717, 1.165) is 5.69 Å². The minimum atomic E-state index is -0.0605. The van der Waals surface area contributed by atoms with Crippen LogP contribution in [-0.2, 0) is 0 Å². The summed E-state index contributed by atoms with van der Waals surface area (Å²) in [6.45, 7) is 6.33. The molecule has 0 saturated heterocycles. The number of allylic oxidation sites excluding steroid dienone is 2. The first-order valence-corrected chi connectivity index (χ1v) is 7.54. The number of nitrogens with one attached hydrogen (secondary N) is 1. The number of hydrogen-bond acceptors (Lipinski definition) is 2. The van der Waals surface area contributed by atoms with Gasteiger partial charge in [0.15, 0.2) is 0 Å². The molecule has 20 heavy (non-hydrogen) atoms. The minimum Gasteiger partial charge on any atom is -0.321 e. The van der Waals surface area contributed by atoms with Crippen LogP contribution >= 0.6 is 11.3 Å². The Balaban J connectivity index is 2.17. The Morgan fingerprint density at radius 1 is 1.20 bits per heavy atom. The van der Waals surface area contributed by atoms with Gasteiger partial charge in [-0.25, -0.2) is 0 Å². The first kappa shape index (κ1) is 14.5. The third kappa shape index (κ3) is 3.58. The quantitative estimate of drug-likeness (QED) is 0.781. The van der Waals surface area contributed by atoms with Gasteiger partial charge >= 0.3 is 0 Å². The molecular formula is C17H19NOS. The zero-order valence-corrected chi connectivity index (χ0v) is 12.8. The molecule has 2 nitrogen and oxygen atoms in total. The van der Waals surface area contributed by atoms with E-state index < -0.39 is 0 Å². The van der Waals surface area contributed by atoms with Crippen LogP contribution in [0.3, 0.4) is 0 Å². The van der Waals surface area contributed by atoms with Gasteiger partial charge in [0.1, 0.15) is 0 Å². The second kappa shape index (κ2) is 6.53. The molecule has 1 atom stereocenters. The van der Waals surface area contributed by atoms with E-state index in [2.05, 4.69) is 32.2 Å². The van der Waals surface area contributed by atoms with Crippen LogP contribution in [0.15, 0.2) is 53.4 Å². The van der Waals surface area contributed by atoms with Crippen LogP contribution in [0.25, 0.3) is 0 Å². The number of anilines is 1. The van der Waals surface area contributed by atoms with E-state index in [1.165, 1.54) is 10.5 Å². The van der Waals surface area contributed by atoms with Crippen LogP contribution < -0.4 is 5.32 Å². The van der Waals surface area contributed by atoms with Crippen molar-refractivity contribution in [3.8, 4) is 0 Å². The lowest BCUT2D eigenvalue weighted by Crippen LogP contribution is -2.12. The van der Waals surface area contributed by atoms with Gasteiger partial charge in [-0.15, -0.1) is 11.3 Å². The van der Waals surface area contributed by atoms with Crippen molar-refractivity contribution in [2.75, 3.05) is 5.32 Å². The summed E-state index contributed by atoms with van der Waals surface area (Å²) in [6.07, 6.45) is 2.21. The second-order valence-corrected chi connectivity index (χ2v) is 6.00. The lowest BCUT2D eigenvalue weighted by Gasteiger charge is -2.10. The van der Waals surface area contributed by atoms with Crippen LogP contribution in [0.5, 0.6) is 0 Å². The maximum absolute atomic E-state index is 12.2. The highest BCUT2D eigenvalue weighted by molar-refractivity contribution is 7.10. The van der Waals surface area contributed by atoms with Crippen LogP contribution in [0.2, 0.25) is 0 Å². The highest BCUT2D eigenvalue weighted by atomic mass is 32.1. The molecule has 1 heterocycles. The first-order chi connectivity index (χ1) is 9.58. The topological polar surface area (TPSA) is 29.1 Å². The lowest BCUT2D eigenvalue weighted by molar-refractivity contribution is 0.102. The SMILES string of the molecule is CC(C)=CC(C)c1sccc1NC(=O)c1ccccc1. The fourth-order valence-corrected chi connectivity index (χ4v) is 3.02. The molecule has 0 saturated carbocycles. The van der Waals surface area contributed by atoms with E-state index in [0.29, 0.717) is 11.5 Å². The fourth-order valence-electron chi connectivity index (χ4n) is 2.14. The molecule has 3 heteroatoms. The van der Waals surface area contributed by atoms with E-state index >= 15 is 0 Å². The van der Waals surface area contributed by atoms with E-state index in [-0.39, 0.29) is 5.91 Å². The Bertz CT molecular complexity index is 609. The summed E-state index contributed by atoms with van der Waals surface area (Å²) < 4.78 is 0. The van der Waals surface area contributed by atoms with Crippen LogP contribution in [0.4, 0.5) is 5.69 Å². The number of hydrogen-bond donors (Lipinski definition) is 1. The van der Waals surface area contributed by atoms with Crippen molar-refractivity contribution < 1.29 is 4.79 Å². The third-order valence-corrected chi connectivity index (χ3v) is 4.09. The average Bonchev–Trinajstić information content (AvgIpc) is 2.87. The van der Waals surface area contributed by atoms with Crippen molar-refractivity contribution >= 4 is 22.9 Å². The highest BCUT2D eigenvalue weighted by Gasteiger charge is 2.13. The summed E-state index contributed by atoms with van der Waals surface area (Å²) in [6, 6.07) is 11.3. The minimum absolute atomic E-state index is 0.0605. The Morgan fingerprint density at radius 3 is 2.55 bits per heavy atom. The summed E-state index contributed by atoms with van der Waals surface area (Å²) in [5.41, 5.74) is 2.87. The average molecular weight is 285 g/mol. The molecule has 1 N–H and O–H groups in total. The molecule has 1 unspecified atom stereocenters. The Morgan fingerprint density at radius 2 is 1.90 bits per heavy atom. The Labute approximate surface area is 124 Å². The monoisotopic (exact) mass is 285 g/mol. The van der Waals surface area contributed by atoms with Crippen LogP contribution in [0, 0.1) is 0 Å². The third-order valence-electron chi connectivity index (χ3n) is 2.98. The van der Waals surface area contributed by atoms with E-state index in [4.69, 9.17) is 0 Å². The smallest absolute Gasteiger partial charge is 0.255 e. The molecule has 2 aromatic rings. The molecule has 0 aliphatic heterocycles. The van der Waals surface area contributed by atoms with Crippen molar-refractivity contribution in [1.29, 1.82) is 0 Å². The van der Waals surface area contributed by atoms with E-state index in [1.54, 1.807) is 11.3 Å². The van der Waals surface area contributed by atoms with Crippen molar-refractivity contribution in [1.82, 2.24) is 0 Å². The predicted molar refractivity (Wildman–Crippen MR) is 86.6 cm³/mol. The van der Waals surface area contributed by atoms with Gasteiger partial charge in [-0.1, -0.05) is 36.8 Å². The molecule has 0 radical (unpaired) electrons. The molecule has 0 spiro atoms. The largest absolute Gasteiger partial charge is 0.321 e. The van der Waals surface area contributed by atoms with Crippen molar-refractivity contribution in [2.24, 2.45) is 0 Å². The molecule has 0 aliphatic rings. The van der Waals surface area contributed by atoms with Gasteiger partial charge in [0.25, 0.3) is 5.91 Å². The molecule has 2 rings (SSSR count). The summed E-state index contributed by atoms with van der Waals surface area (Å²) in [5.74, 6) is 0.251. The van der Waals surface area contributed by atoms with Crippen molar-refractivity contribution in [2.45, 2.75) is 26.7 Å². The highest BCUT2D eigenvalue weighted by Crippen LogP contribution is 2.32. The van der Waals surface area contributed by atoms with Gasteiger partial charge in [-0.2, -0.15) is 0 Å². The normalized spacial score (nSPS) is 11.8. The molecule has 0 aliphatic carbocycles. The molecular weight excluding hydrogens is 266 g/mol. The standard InChI is InChI=1S/C17H19NOS/c1-12(2)11-13(3)16-15(9-10-20-16)18-17(19)14-7-5-4-6-8-14/h4-11,13H,1-3H3,(H,18,19). The van der Waals surface area contributed by atoms with Crippen molar-refractivity contribution in [3.63, 3.8) is 0 Å². The first-order valence-electron chi connectivity index (χ1n) is 6.66. The van der Waals surface area contributed by atoms with Gasteiger partial charge in [0.2, 0.25) is 0 Å². The maximum atomic E-state index is 12.2. The van der Waals surface area contributed by atoms with Gasteiger partial charge in [-0.05, 0) is 37.4 Å². The molecule has 0 bridgehead atoms. The lowest BCUT2D eigenvalue weighted by atomic mass is 10.1. The number of benzene rings is 1. The second-order valence-electron chi connectivity index (χ2n) is 5.05. The Kier molecular flexibility index (Phi) is 4.74. The number of carbonyl (C=O) groups excluding carboxylic acids is 1. The summed E-state index contributed by atoms with van der Waals surface area (Å²) in [7, 11) is 0. The van der Waals surface area contributed by atoms with E-state index in [9.17, 15) is 4.79 Å². The van der Waals surface area contributed by atoms with Crippen LogP contribution in [0.1, 0.15) is 41.9 Å². The number of thiophene rings is 1. The van der Waals surface area contributed by atoms with Gasteiger partial charge in [-0.3, -0.25) is 4.79 Å². The predicted octanol–water partition coefficient (Wildman–Crippen LogP) is 5.07. The van der Waals surface area contributed by atoms with Gasteiger partial charge in [0, 0.05) is 16.4 Å². The molecule has 104 valence electrons. The molecule has 1 aromatic heterocycles. The van der Waals surface area contributed by atoms with Crippen LogP contribution in [-0.4, -0.2) is 5.91 Å². The summed E-state index contributed by atoms with van der Waals surface area (Å²) in [5, 5.41) is 5.02. The summed E-state index contributed by atoms with van der Waals surface area (Å²) >= 11 is 1.68. The zero-order chi connectivity index (χ0) is 14.5. The Hall–Kier alpha value is -1.87.